The van der Waals surface area contributed by atoms with Crippen LogP contribution in [0, 0.1) is 5.92 Å². The summed E-state index contributed by atoms with van der Waals surface area (Å²) in [6.45, 7) is 5.21. The molecule has 2 aromatic rings. The first kappa shape index (κ1) is 18.4. The van der Waals surface area contributed by atoms with E-state index in [9.17, 15) is 9.59 Å². The standard InChI is InChI=1S/C21H26N2O3/c1-14(2)19-20(24)23(11-10-22-19)18(21(25)26-3)13-15-8-9-16-6-4-5-7-17(16)12-15/h4-9,12,14,18-19,22H,10-11,13H2,1-3H3/t18-,19-/m0/s1. The van der Waals surface area contributed by atoms with Gasteiger partial charge >= 0.3 is 5.97 Å². The Morgan fingerprint density at radius 2 is 1.96 bits per heavy atom. The van der Waals surface area contributed by atoms with Crippen molar-refractivity contribution >= 4 is 22.6 Å². The highest BCUT2D eigenvalue weighted by Gasteiger charge is 2.38. The van der Waals surface area contributed by atoms with E-state index >= 15 is 0 Å². The molecule has 1 heterocycles. The van der Waals surface area contributed by atoms with Gasteiger partial charge < -0.3 is 15.0 Å². The lowest BCUT2D eigenvalue weighted by molar-refractivity contribution is -0.155. The van der Waals surface area contributed by atoms with Gasteiger partial charge in [-0.1, -0.05) is 56.3 Å². The maximum absolute atomic E-state index is 12.9. The Morgan fingerprint density at radius 1 is 1.23 bits per heavy atom. The molecule has 138 valence electrons. The normalized spacial score (nSPS) is 19.0. The summed E-state index contributed by atoms with van der Waals surface area (Å²) in [6, 6.07) is 13.4. The molecule has 1 amide bonds. The van der Waals surface area contributed by atoms with Gasteiger partial charge in [0.15, 0.2) is 0 Å². The molecule has 26 heavy (non-hydrogen) atoms. The Labute approximate surface area is 154 Å². The minimum atomic E-state index is -0.600. The van der Waals surface area contributed by atoms with Crippen LogP contribution in [-0.4, -0.2) is 49.1 Å². The number of hydrogen-bond donors (Lipinski definition) is 1. The summed E-state index contributed by atoms with van der Waals surface area (Å²) in [5.41, 5.74) is 1.02. The molecule has 0 spiro atoms. The largest absolute Gasteiger partial charge is 0.467 e. The Kier molecular flexibility index (Phi) is 5.57. The highest BCUT2D eigenvalue weighted by molar-refractivity contribution is 5.89. The van der Waals surface area contributed by atoms with E-state index < -0.39 is 6.04 Å². The van der Waals surface area contributed by atoms with Crippen molar-refractivity contribution < 1.29 is 14.3 Å². The van der Waals surface area contributed by atoms with Crippen molar-refractivity contribution in [3.05, 3.63) is 48.0 Å². The first-order valence-corrected chi connectivity index (χ1v) is 9.10. The van der Waals surface area contributed by atoms with Gasteiger partial charge in [-0.25, -0.2) is 4.79 Å². The van der Waals surface area contributed by atoms with Gasteiger partial charge in [0, 0.05) is 19.5 Å². The minimum Gasteiger partial charge on any atom is -0.467 e. The summed E-state index contributed by atoms with van der Waals surface area (Å²) in [4.78, 5) is 27.0. The van der Waals surface area contributed by atoms with Crippen LogP contribution >= 0.6 is 0 Å². The van der Waals surface area contributed by atoms with Crippen LogP contribution in [0.15, 0.2) is 42.5 Å². The van der Waals surface area contributed by atoms with Gasteiger partial charge in [0.25, 0.3) is 0 Å². The van der Waals surface area contributed by atoms with E-state index in [1.54, 1.807) is 4.90 Å². The summed E-state index contributed by atoms with van der Waals surface area (Å²) < 4.78 is 5.02. The maximum atomic E-state index is 12.9. The molecule has 2 atom stereocenters. The Bertz CT molecular complexity index is 803. The van der Waals surface area contributed by atoms with Crippen LogP contribution in [0.25, 0.3) is 10.8 Å². The van der Waals surface area contributed by atoms with Crippen molar-refractivity contribution in [1.82, 2.24) is 10.2 Å². The van der Waals surface area contributed by atoms with Crippen molar-refractivity contribution in [2.24, 2.45) is 5.92 Å². The van der Waals surface area contributed by atoms with Gasteiger partial charge in [0.05, 0.1) is 13.2 Å². The minimum absolute atomic E-state index is 0.0255. The number of benzene rings is 2. The summed E-state index contributed by atoms with van der Waals surface area (Å²) >= 11 is 0. The van der Waals surface area contributed by atoms with Gasteiger partial charge in [-0.3, -0.25) is 4.79 Å². The third-order valence-electron chi connectivity index (χ3n) is 5.03. The fourth-order valence-corrected chi connectivity index (χ4v) is 3.59. The molecule has 0 saturated carbocycles. The fraction of sp³-hybridized carbons (Fsp3) is 0.429. The second-order valence-corrected chi connectivity index (χ2v) is 7.13. The second-order valence-electron chi connectivity index (χ2n) is 7.13. The van der Waals surface area contributed by atoms with Gasteiger partial charge in [-0.05, 0) is 22.3 Å². The molecule has 5 nitrogen and oxygen atoms in total. The zero-order valence-electron chi connectivity index (χ0n) is 15.6. The highest BCUT2D eigenvalue weighted by Crippen LogP contribution is 2.20. The lowest BCUT2D eigenvalue weighted by Crippen LogP contribution is -2.61. The number of nitrogens with one attached hydrogen (secondary N) is 1. The van der Waals surface area contributed by atoms with Crippen LogP contribution in [-0.2, 0) is 20.7 Å². The molecule has 3 rings (SSSR count). The van der Waals surface area contributed by atoms with E-state index in [0.29, 0.717) is 19.5 Å². The Hall–Kier alpha value is -2.40. The maximum Gasteiger partial charge on any atom is 0.328 e. The number of ether oxygens (including phenoxy) is 1. The molecule has 2 aromatic carbocycles. The van der Waals surface area contributed by atoms with E-state index in [0.717, 1.165) is 16.3 Å². The van der Waals surface area contributed by atoms with Gasteiger partial charge in [0.2, 0.25) is 5.91 Å². The van der Waals surface area contributed by atoms with Crippen LogP contribution in [0.1, 0.15) is 19.4 Å². The molecule has 0 unspecified atom stereocenters. The molecule has 5 heteroatoms. The van der Waals surface area contributed by atoms with Gasteiger partial charge in [-0.2, -0.15) is 0 Å². The number of piperazine rings is 1. The van der Waals surface area contributed by atoms with E-state index in [1.807, 2.05) is 32.0 Å². The molecule has 1 aliphatic rings. The SMILES string of the molecule is COC(=O)[C@H](Cc1ccc2ccccc2c1)N1CCN[C@@H](C(C)C)C1=O. The zero-order chi connectivity index (χ0) is 18.7. The van der Waals surface area contributed by atoms with E-state index in [2.05, 4.69) is 29.6 Å². The number of hydrogen-bond acceptors (Lipinski definition) is 4. The molecular formula is C21H26N2O3. The predicted octanol–water partition coefficient (Wildman–Crippen LogP) is 2.38. The van der Waals surface area contributed by atoms with E-state index in [1.165, 1.54) is 7.11 Å². The van der Waals surface area contributed by atoms with Crippen LogP contribution in [0.3, 0.4) is 0 Å². The lowest BCUT2D eigenvalue weighted by Gasteiger charge is -2.38. The Morgan fingerprint density at radius 3 is 2.65 bits per heavy atom. The molecule has 0 aliphatic carbocycles. The van der Waals surface area contributed by atoms with Crippen molar-refractivity contribution in [3.8, 4) is 0 Å². The monoisotopic (exact) mass is 354 g/mol. The van der Waals surface area contributed by atoms with Crippen molar-refractivity contribution in [3.63, 3.8) is 0 Å². The number of amides is 1. The number of methoxy groups -OCH3 is 1. The lowest BCUT2D eigenvalue weighted by atomic mass is 9.96. The molecular weight excluding hydrogens is 328 g/mol. The quantitative estimate of drug-likeness (QED) is 0.838. The van der Waals surface area contributed by atoms with Crippen molar-refractivity contribution in [2.45, 2.75) is 32.4 Å². The third-order valence-corrected chi connectivity index (χ3v) is 5.03. The molecule has 1 N–H and O–H groups in total. The fourth-order valence-electron chi connectivity index (χ4n) is 3.59. The number of nitrogens with zero attached hydrogens (tertiary/aromatic N) is 1. The number of fused-ring (bicyclic) bond motifs is 1. The summed E-state index contributed by atoms with van der Waals surface area (Å²) in [5.74, 6) is -0.220. The van der Waals surface area contributed by atoms with Gasteiger partial charge in [-0.15, -0.1) is 0 Å². The average Bonchev–Trinajstić information content (AvgIpc) is 2.65. The molecule has 0 bridgehead atoms. The Balaban J connectivity index is 1.87. The predicted molar refractivity (Wildman–Crippen MR) is 102 cm³/mol. The second kappa shape index (κ2) is 7.87. The van der Waals surface area contributed by atoms with Crippen molar-refractivity contribution in [2.75, 3.05) is 20.2 Å². The third kappa shape index (κ3) is 3.73. The molecule has 0 aromatic heterocycles. The number of esters is 1. The van der Waals surface area contributed by atoms with E-state index in [4.69, 9.17) is 4.74 Å². The number of carbonyl (C=O) groups is 2. The highest BCUT2D eigenvalue weighted by atomic mass is 16.5. The molecule has 1 saturated heterocycles. The summed E-state index contributed by atoms with van der Waals surface area (Å²) in [5, 5.41) is 5.54. The number of carbonyl (C=O) groups excluding carboxylic acids is 2. The number of rotatable bonds is 5. The van der Waals surface area contributed by atoms with Crippen LogP contribution < -0.4 is 5.32 Å². The molecule has 1 fully saturated rings. The zero-order valence-corrected chi connectivity index (χ0v) is 15.6. The van der Waals surface area contributed by atoms with Crippen molar-refractivity contribution in [1.29, 1.82) is 0 Å². The molecule has 1 aliphatic heterocycles. The topological polar surface area (TPSA) is 58.6 Å². The van der Waals surface area contributed by atoms with Gasteiger partial charge in [0.1, 0.15) is 6.04 Å². The first-order chi connectivity index (χ1) is 12.5. The first-order valence-electron chi connectivity index (χ1n) is 9.10. The molecule has 0 radical (unpaired) electrons. The summed E-state index contributed by atoms with van der Waals surface area (Å²) in [6.07, 6.45) is 0.452. The van der Waals surface area contributed by atoms with Crippen LogP contribution in [0.4, 0.5) is 0 Å². The average molecular weight is 354 g/mol. The van der Waals surface area contributed by atoms with Crippen LogP contribution in [0.5, 0.6) is 0 Å². The summed E-state index contributed by atoms with van der Waals surface area (Å²) in [7, 11) is 1.38. The smallest absolute Gasteiger partial charge is 0.328 e. The van der Waals surface area contributed by atoms with E-state index in [-0.39, 0.29) is 23.8 Å². The van der Waals surface area contributed by atoms with Crippen LogP contribution in [0.2, 0.25) is 0 Å².